The van der Waals surface area contributed by atoms with Gasteiger partial charge in [-0.15, -0.1) is 0 Å². The first-order valence-corrected chi connectivity index (χ1v) is 8.91. The Balaban J connectivity index is 1.37. The van der Waals surface area contributed by atoms with Gasteiger partial charge in [-0.2, -0.15) is 0 Å². The van der Waals surface area contributed by atoms with E-state index in [4.69, 9.17) is 0 Å². The van der Waals surface area contributed by atoms with Gasteiger partial charge in [0.05, 0.1) is 5.60 Å². The molecule has 2 aliphatic heterocycles. The first-order chi connectivity index (χ1) is 9.70. The van der Waals surface area contributed by atoms with Crippen molar-refractivity contribution in [1.82, 2.24) is 9.80 Å². The van der Waals surface area contributed by atoms with Gasteiger partial charge in [-0.05, 0) is 69.2 Å². The SMILES string of the molecule is OC12CC3CC(C1)C(N1CCN4CCCC4C1)C(C3)C2. The minimum atomic E-state index is -0.262. The van der Waals surface area contributed by atoms with Crippen LogP contribution in [0.25, 0.3) is 0 Å². The average Bonchev–Trinajstić information content (AvgIpc) is 2.83. The first-order valence-electron chi connectivity index (χ1n) is 8.91. The Kier molecular flexibility index (Phi) is 2.61. The van der Waals surface area contributed by atoms with E-state index < -0.39 is 0 Å². The van der Waals surface area contributed by atoms with Crippen LogP contribution >= 0.6 is 0 Å². The van der Waals surface area contributed by atoms with Gasteiger partial charge < -0.3 is 5.11 Å². The minimum Gasteiger partial charge on any atom is -0.390 e. The van der Waals surface area contributed by atoms with Crippen molar-refractivity contribution in [3.63, 3.8) is 0 Å². The lowest BCUT2D eigenvalue weighted by Gasteiger charge is -2.61. The van der Waals surface area contributed by atoms with E-state index in [0.717, 1.165) is 49.1 Å². The molecule has 0 aromatic rings. The van der Waals surface area contributed by atoms with E-state index >= 15 is 0 Å². The molecule has 3 atom stereocenters. The van der Waals surface area contributed by atoms with Crippen molar-refractivity contribution in [3.8, 4) is 0 Å². The summed E-state index contributed by atoms with van der Waals surface area (Å²) in [6.45, 7) is 5.25. The summed E-state index contributed by atoms with van der Waals surface area (Å²) in [5.41, 5.74) is -0.262. The van der Waals surface area contributed by atoms with Gasteiger partial charge in [0.2, 0.25) is 0 Å². The predicted octanol–water partition coefficient (Wildman–Crippen LogP) is 1.71. The molecule has 112 valence electrons. The molecule has 2 saturated heterocycles. The molecule has 4 aliphatic carbocycles. The minimum absolute atomic E-state index is 0.262. The fraction of sp³-hybridized carbons (Fsp3) is 1.00. The van der Waals surface area contributed by atoms with Crippen LogP contribution in [0, 0.1) is 17.8 Å². The van der Waals surface area contributed by atoms with E-state index in [2.05, 4.69) is 9.80 Å². The summed E-state index contributed by atoms with van der Waals surface area (Å²) < 4.78 is 0. The summed E-state index contributed by atoms with van der Waals surface area (Å²) in [5.74, 6) is 2.46. The summed E-state index contributed by atoms with van der Waals surface area (Å²) in [6, 6.07) is 1.67. The van der Waals surface area contributed by atoms with E-state index in [1.165, 1.54) is 51.9 Å². The molecule has 1 N–H and O–H groups in total. The van der Waals surface area contributed by atoms with E-state index in [0.29, 0.717) is 0 Å². The molecule has 0 aromatic carbocycles. The Morgan fingerprint density at radius 1 is 0.900 bits per heavy atom. The normalized spacial score (nSPS) is 55.4. The lowest BCUT2D eigenvalue weighted by Crippen LogP contribution is -2.64. The number of hydrogen-bond acceptors (Lipinski definition) is 3. The van der Waals surface area contributed by atoms with E-state index in [-0.39, 0.29) is 5.60 Å². The van der Waals surface area contributed by atoms with Crippen LogP contribution in [-0.4, -0.2) is 58.8 Å². The topological polar surface area (TPSA) is 26.7 Å². The van der Waals surface area contributed by atoms with Crippen LogP contribution in [0.2, 0.25) is 0 Å². The highest BCUT2D eigenvalue weighted by atomic mass is 16.3. The fourth-order valence-electron chi connectivity index (χ4n) is 6.84. The molecule has 0 spiro atoms. The predicted molar refractivity (Wildman–Crippen MR) is 78.5 cm³/mol. The molecular weight excluding hydrogens is 248 g/mol. The van der Waals surface area contributed by atoms with Crippen molar-refractivity contribution in [2.24, 2.45) is 17.8 Å². The zero-order valence-electron chi connectivity index (χ0n) is 12.5. The number of nitrogens with zero attached hydrogens (tertiary/aromatic N) is 2. The molecule has 0 amide bonds. The number of fused-ring (bicyclic) bond motifs is 1. The second-order valence-corrected chi connectivity index (χ2v) is 8.51. The molecule has 0 aromatic heterocycles. The molecule has 3 nitrogen and oxygen atoms in total. The van der Waals surface area contributed by atoms with Crippen molar-refractivity contribution < 1.29 is 5.11 Å². The molecular formula is C17H28N2O. The number of rotatable bonds is 1. The molecule has 20 heavy (non-hydrogen) atoms. The van der Waals surface area contributed by atoms with Crippen molar-refractivity contribution in [3.05, 3.63) is 0 Å². The number of hydrogen-bond donors (Lipinski definition) is 1. The third-order valence-electron chi connectivity index (χ3n) is 7.23. The lowest BCUT2D eigenvalue weighted by atomic mass is 9.52. The molecule has 6 fully saturated rings. The van der Waals surface area contributed by atoms with Crippen LogP contribution < -0.4 is 0 Å². The van der Waals surface area contributed by atoms with Crippen LogP contribution in [0.1, 0.15) is 44.9 Å². The Morgan fingerprint density at radius 3 is 2.40 bits per heavy atom. The highest BCUT2D eigenvalue weighted by molar-refractivity contribution is 5.09. The van der Waals surface area contributed by atoms with Gasteiger partial charge in [0.15, 0.2) is 0 Å². The highest BCUT2D eigenvalue weighted by Gasteiger charge is 2.56. The smallest absolute Gasteiger partial charge is 0.0657 e. The maximum Gasteiger partial charge on any atom is 0.0657 e. The largest absolute Gasteiger partial charge is 0.390 e. The van der Waals surface area contributed by atoms with Crippen molar-refractivity contribution in [1.29, 1.82) is 0 Å². The molecule has 6 rings (SSSR count). The van der Waals surface area contributed by atoms with E-state index in [1.807, 2.05) is 0 Å². The van der Waals surface area contributed by atoms with Gasteiger partial charge in [0.1, 0.15) is 0 Å². The number of piperazine rings is 1. The molecule has 2 heterocycles. The van der Waals surface area contributed by atoms with Crippen LogP contribution in [0.15, 0.2) is 0 Å². The molecule has 3 unspecified atom stereocenters. The van der Waals surface area contributed by atoms with Gasteiger partial charge >= 0.3 is 0 Å². The van der Waals surface area contributed by atoms with E-state index in [9.17, 15) is 5.11 Å². The zero-order valence-corrected chi connectivity index (χ0v) is 12.5. The second kappa shape index (κ2) is 4.21. The second-order valence-electron chi connectivity index (χ2n) is 8.51. The summed E-state index contributed by atoms with van der Waals surface area (Å²) in [4.78, 5) is 5.57. The summed E-state index contributed by atoms with van der Waals surface area (Å²) >= 11 is 0. The molecule has 4 bridgehead atoms. The average molecular weight is 276 g/mol. The maximum absolute atomic E-state index is 10.7. The van der Waals surface area contributed by atoms with Crippen LogP contribution in [0.3, 0.4) is 0 Å². The fourth-order valence-corrected chi connectivity index (χ4v) is 6.84. The Bertz CT molecular complexity index is 396. The van der Waals surface area contributed by atoms with Gasteiger partial charge in [-0.1, -0.05) is 0 Å². The molecule has 3 heteroatoms. The number of aliphatic hydroxyl groups is 1. The first kappa shape index (κ1) is 12.4. The van der Waals surface area contributed by atoms with Crippen molar-refractivity contribution in [2.45, 2.75) is 62.6 Å². The van der Waals surface area contributed by atoms with E-state index in [1.54, 1.807) is 0 Å². The van der Waals surface area contributed by atoms with Gasteiger partial charge in [-0.25, -0.2) is 0 Å². The summed E-state index contributed by atoms with van der Waals surface area (Å²) in [7, 11) is 0. The Morgan fingerprint density at radius 2 is 1.65 bits per heavy atom. The molecule has 6 aliphatic rings. The van der Waals surface area contributed by atoms with Crippen LogP contribution in [0.5, 0.6) is 0 Å². The summed E-state index contributed by atoms with van der Waals surface area (Å²) in [6.07, 6.45) is 8.99. The molecule has 0 radical (unpaired) electrons. The van der Waals surface area contributed by atoms with Crippen molar-refractivity contribution in [2.75, 3.05) is 26.2 Å². The molecule has 4 saturated carbocycles. The Labute approximate surface area is 122 Å². The lowest BCUT2D eigenvalue weighted by molar-refractivity contribution is -0.165. The standard InChI is InChI=1S/C17H28N2O/c20-17-8-12-6-13(9-17)16(14(7-12)10-17)19-5-4-18-3-1-2-15(18)11-19/h12-16,20H,1-11H2. The third kappa shape index (κ3) is 1.75. The van der Waals surface area contributed by atoms with Gasteiger partial charge in [0, 0.05) is 31.7 Å². The van der Waals surface area contributed by atoms with Gasteiger partial charge in [0.25, 0.3) is 0 Å². The zero-order chi connectivity index (χ0) is 13.3. The monoisotopic (exact) mass is 276 g/mol. The highest BCUT2D eigenvalue weighted by Crippen LogP contribution is 2.57. The quantitative estimate of drug-likeness (QED) is 0.790. The third-order valence-corrected chi connectivity index (χ3v) is 7.23. The van der Waals surface area contributed by atoms with Crippen LogP contribution in [0.4, 0.5) is 0 Å². The van der Waals surface area contributed by atoms with Crippen LogP contribution in [-0.2, 0) is 0 Å². The van der Waals surface area contributed by atoms with Crippen molar-refractivity contribution >= 4 is 0 Å². The van der Waals surface area contributed by atoms with Gasteiger partial charge in [-0.3, -0.25) is 9.80 Å². The summed E-state index contributed by atoms with van der Waals surface area (Å²) in [5, 5.41) is 10.7. The Hall–Kier alpha value is -0.120. The maximum atomic E-state index is 10.7.